The van der Waals surface area contributed by atoms with Gasteiger partial charge in [-0.1, -0.05) is 42.5 Å². The molecule has 2 heteroatoms. The van der Waals surface area contributed by atoms with Gasteiger partial charge in [0.1, 0.15) is 0 Å². The van der Waals surface area contributed by atoms with Gasteiger partial charge >= 0.3 is 0 Å². The van der Waals surface area contributed by atoms with Crippen LogP contribution in [-0.4, -0.2) is 4.98 Å². The molecular formula is C18H12N2. The zero-order chi connectivity index (χ0) is 13.8. The summed E-state index contributed by atoms with van der Waals surface area (Å²) in [5.41, 5.74) is 2.72. The first kappa shape index (κ1) is 12.1. The molecule has 94 valence electrons. The molecule has 0 radical (unpaired) electrons. The third-order valence-corrected chi connectivity index (χ3v) is 3.24. The van der Waals surface area contributed by atoms with E-state index in [1.807, 2.05) is 54.6 Å². The van der Waals surface area contributed by atoms with Crippen LogP contribution in [0.15, 0.2) is 60.9 Å². The smallest absolute Gasteiger partial charge is 0.0998 e. The molecule has 1 heterocycles. The third-order valence-electron chi connectivity index (χ3n) is 3.24. The van der Waals surface area contributed by atoms with Crippen molar-refractivity contribution in [2.24, 2.45) is 0 Å². The molecule has 0 N–H and O–H groups in total. The fourth-order valence-corrected chi connectivity index (χ4v) is 2.23. The second-order valence-electron chi connectivity index (χ2n) is 4.47. The Morgan fingerprint density at radius 1 is 0.900 bits per heavy atom. The van der Waals surface area contributed by atoms with E-state index >= 15 is 0 Å². The van der Waals surface area contributed by atoms with Crippen LogP contribution in [0.1, 0.15) is 16.7 Å². The molecule has 3 aromatic rings. The van der Waals surface area contributed by atoms with Crippen LogP contribution in [0.2, 0.25) is 0 Å². The summed E-state index contributed by atoms with van der Waals surface area (Å²) in [5.74, 6) is 0. The SMILES string of the molecule is N#Cc1ccc2ccccc2c1/C=C/c1ccncc1. The molecule has 0 atom stereocenters. The molecule has 0 bridgehead atoms. The van der Waals surface area contributed by atoms with Gasteiger partial charge in [-0.15, -0.1) is 0 Å². The van der Waals surface area contributed by atoms with Crippen LogP contribution in [0.4, 0.5) is 0 Å². The molecule has 0 amide bonds. The first-order valence-corrected chi connectivity index (χ1v) is 6.38. The molecule has 3 rings (SSSR count). The van der Waals surface area contributed by atoms with Gasteiger partial charge in [-0.05, 0) is 34.5 Å². The summed E-state index contributed by atoms with van der Waals surface area (Å²) >= 11 is 0. The molecule has 1 aromatic heterocycles. The number of benzene rings is 2. The number of aromatic nitrogens is 1. The molecule has 2 aromatic carbocycles. The first-order valence-electron chi connectivity index (χ1n) is 6.38. The van der Waals surface area contributed by atoms with Crippen LogP contribution in [0, 0.1) is 11.3 Å². The molecule has 0 aliphatic carbocycles. The van der Waals surface area contributed by atoms with E-state index in [0.29, 0.717) is 5.56 Å². The third kappa shape index (κ3) is 2.30. The normalized spacial score (nSPS) is 10.8. The highest BCUT2D eigenvalue weighted by Crippen LogP contribution is 2.24. The highest BCUT2D eigenvalue weighted by atomic mass is 14.6. The molecular weight excluding hydrogens is 244 g/mol. The lowest BCUT2D eigenvalue weighted by Crippen LogP contribution is -1.85. The first-order chi connectivity index (χ1) is 9.88. The summed E-state index contributed by atoms with van der Waals surface area (Å²) in [5, 5.41) is 11.5. The minimum Gasteiger partial charge on any atom is -0.265 e. The van der Waals surface area contributed by atoms with E-state index in [1.54, 1.807) is 12.4 Å². The number of nitriles is 1. The van der Waals surface area contributed by atoms with Crippen molar-refractivity contribution in [3.63, 3.8) is 0 Å². The standard InChI is InChI=1S/C18H12N2/c19-13-16-7-6-15-3-1-2-4-17(15)18(16)8-5-14-9-11-20-12-10-14/h1-12H/b8-5+. The molecule has 20 heavy (non-hydrogen) atoms. The van der Waals surface area contributed by atoms with Gasteiger partial charge in [-0.25, -0.2) is 0 Å². The number of rotatable bonds is 2. The van der Waals surface area contributed by atoms with E-state index in [9.17, 15) is 5.26 Å². The summed E-state index contributed by atoms with van der Waals surface area (Å²) in [6.45, 7) is 0. The van der Waals surface area contributed by atoms with Gasteiger partial charge in [0.05, 0.1) is 11.6 Å². The highest BCUT2D eigenvalue weighted by molar-refractivity contribution is 5.95. The van der Waals surface area contributed by atoms with Gasteiger partial charge in [0.15, 0.2) is 0 Å². The van der Waals surface area contributed by atoms with E-state index in [-0.39, 0.29) is 0 Å². The summed E-state index contributed by atoms with van der Waals surface area (Å²) in [6.07, 6.45) is 7.52. The van der Waals surface area contributed by atoms with Crippen LogP contribution in [0.3, 0.4) is 0 Å². The molecule has 2 nitrogen and oxygen atoms in total. The zero-order valence-corrected chi connectivity index (χ0v) is 10.8. The second-order valence-corrected chi connectivity index (χ2v) is 4.47. The highest BCUT2D eigenvalue weighted by Gasteiger charge is 2.03. The van der Waals surface area contributed by atoms with Gasteiger partial charge in [-0.3, -0.25) is 4.98 Å². The summed E-state index contributed by atoms with van der Waals surface area (Å²) < 4.78 is 0. The Bertz CT molecular complexity index is 812. The van der Waals surface area contributed by atoms with Crippen LogP contribution in [0.25, 0.3) is 22.9 Å². The zero-order valence-electron chi connectivity index (χ0n) is 10.8. The fourth-order valence-electron chi connectivity index (χ4n) is 2.23. The van der Waals surface area contributed by atoms with E-state index in [1.165, 1.54) is 0 Å². The average molecular weight is 256 g/mol. The lowest BCUT2D eigenvalue weighted by atomic mass is 9.98. The average Bonchev–Trinajstić information content (AvgIpc) is 2.53. The maximum atomic E-state index is 9.28. The van der Waals surface area contributed by atoms with Crippen LogP contribution in [-0.2, 0) is 0 Å². The predicted molar refractivity (Wildman–Crippen MR) is 81.8 cm³/mol. The quantitative estimate of drug-likeness (QED) is 0.686. The Morgan fingerprint density at radius 2 is 1.70 bits per heavy atom. The van der Waals surface area contributed by atoms with Crippen molar-refractivity contribution in [3.8, 4) is 6.07 Å². The number of nitrogens with zero attached hydrogens (tertiary/aromatic N) is 2. The number of hydrogen-bond acceptors (Lipinski definition) is 2. The Balaban J connectivity index is 2.15. The lowest BCUT2D eigenvalue weighted by Gasteiger charge is -2.04. The van der Waals surface area contributed by atoms with Crippen molar-refractivity contribution in [3.05, 3.63) is 77.6 Å². The minimum absolute atomic E-state index is 0.689. The van der Waals surface area contributed by atoms with Crippen LogP contribution >= 0.6 is 0 Å². The Labute approximate surface area is 117 Å². The van der Waals surface area contributed by atoms with E-state index in [2.05, 4.69) is 17.1 Å². The molecule has 0 saturated heterocycles. The minimum atomic E-state index is 0.689. The van der Waals surface area contributed by atoms with Crippen molar-refractivity contribution in [1.82, 2.24) is 4.98 Å². The van der Waals surface area contributed by atoms with Gasteiger partial charge in [0.25, 0.3) is 0 Å². The van der Waals surface area contributed by atoms with Gasteiger partial charge in [-0.2, -0.15) is 5.26 Å². The predicted octanol–water partition coefficient (Wildman–Crippen LogP) is 4.28. The van der Waals surface area contributed by atoms with Crippen molar-refractivity contribution in [2.75, 3.05) is 0 Å². The maximum Gasteiger partial charge on any atom is 0.0998 e. The maximum absolute atomic E-state index is 9.28. The monoisotopic (exact) mass is 256 g/mol. The van der Waals surface area contributed by atoms with Gasteiger partial charge in [0, 0.05) is 18.0 Å². The molecule has 0 fully saturated rings. The van der Waals surface area contributed by atoms with Crippen molar-refractivity contribution in [1.29, 1.82) is 5.26 Å². The van der Waals surface area contributed by atoms with E-state index in [4.69, 9.17) is 0 Å². The van der Waals surface area contributed by atoms with Gasteiger partial charge in [0.2, 0.25) is 0 Å². The van der Waals surface area contributed by atoms with Crippen LogP contribution in [0.5, 0.6) is 0 Å². The van der Waals surface area contributed by atoms with Crippen LogP contribution < -0.4 is 0 Å². The lowest BCUT2D eigenvalue weighted by molar-refractivity contribution is 1.32. The molecule has 0 aliphatic heterocycles. The summed E-state index contributed by atoms with van der Waals surface area (Å²) in [4.78, 5) is 4.00. The molecule has 0 spiro atoms. The van der Waals surface area contributed by atoms with Crippen molar-refractivity contribution in [2.45, 2.75) is 0 Å². The molecule has 0 aliphatic rings. The number of hydrogen-bond donors (Lipinski definition) is 0. The molecule has 0 unspecified atom stereocenters. The number of fused-ring (bicyclic) bond motifs is 1. The van der Waals surface area contributed by atoms with Crippen molar-refractivity contribution >= 4 is 22.9 Å². The van der Waals surface area contributed by atoms with Crippen molar-refractivity contribution < 1.29 is 0 Å². The van der Waals surface area contributed by atoms with E-state index in [0.717, 1.165) is 21.9 Å². The Hall–Kier alpha value is -2.92. The second kappa shape index (κ2) is 5.38. The Morgan fingerprint density at radius 3 is 2.50 bits per heavy atom. The summed E-state index contributed by atoms with van der Waals surface area (Å²) in [7, 11) is 0. The van der Waals surface area contributed by atoms with Gasteiger partial charge < -0.3 is 0 Å². The Kier molecular flexibility index (Phi) is 3.26. The summed E-state index contributed by atoms with van der Waals surface area (Å²) in [6, 6.07) is 18.1. The fraction of sp³-hybridized carbons (Fsp3) is 0. The number of pyridine rings is 1. The largest absolute Gasteiger partial charge is 0.265 e. The molecule has 0 saturated carbocycles. The topological polar surface area (TPSA) is 36.7 Å². The van der Waals surface area contributed by atoms with E-state index < -0.39 is 0 Å².